The fraction of sp³-hybridized carbons (Fsp3) is 0.161. The lowest BCUT2D eigenvalue weighted by Crippen LogP contribution is -2.34. The van der Waals surface area contributed by atoms with E-state index in [1.807, 2.05) is 37.3 Å². The van der Waals surface area contributed by atoms with Crippen LogP contribution < -0.4 is 25.0 Å². The van der Waals surface area contributed by atoms with E-state index in [4.69, 9.17) is 14.2 Å². The van der Waals surface area contributed by atoms with Crippen LogP contribution in [0.25, 0.3) is 10.8 Å². The minimum atomic E-state index is -0.552. The predicted molar refractivity (Wildman–Crippen MR) is 152 cm³/mol. The Bertz CT molecular complexity index is 1510. The lowest BCUT2D eigenvalue weighted by Gasteiger charge is -2.11. The third-order valence-corrected chi connectivity index (χ3v) is 5.84. The minimum absolute atomic E-state index is 0.275. The number of hydrazone groups is 1. The number of amides is 2. The van der Waals surface area contributed by atoms with Crippen LogP contribution in [0, 0.1) is 0 Å². The summed E-state index contributed by atoms with van der Waals surface area (Å²) in [6, 6.07) is 24.3. The number of benzene rings is 4. The minimum Gasteiger partial charge on any atom is -0.497 e. The third kappa shape index (κ3) is 7.22. The van der Waals surface area contributed by atoms with E-state index < -0.39 is 17.8 Å². The molecule has 0 fully saturated rings. The first kappa shape index (κ1) is 27.8. The maximum Gasteiger partial charge on any atom is 0.343 e. The second-order valence-electron chi connectivity index (χ2n) is 8.67. The number of fused-ring (bicyclic) bond motifs is 1. The molecule has 9 nitrogen and oxygen atoms in total. The van der Waals surface area contributed by atoms with Crippen LogP contribution in [0.3, 0.4) is 0 Å². The molecule has 0 aliphatic rings. The lowest BCUT2D eigenvalue weighted by atomic mass is 10.0. The molecule has 2 N–H and O–H groups in total. The number of ether oxygens (including phenoxy) is 3. The maximum atomic E-state index is 12.8. The molecule has 204 valence electrons. The van der Waals surface area contributed by atoms with Crippen LogP contribution >= 0.6 is 0 Å². The molecule has 0 aliphatic heterocycles. The van der Waals surface area contributed by atoms with Crippen molar-refractivity contribution in [2.75, 3.05) is 20.3 Å². The van der Waals surface area contributed by atoms with Crippen molar-refractivity contribution in [2.45, 2.75) is 13.3 Å². The Morgan fingerprint density at radius 2 is 1.55 bits per heavy atom. The van der Waals surface area contributed by atoms with Gasteiger partial charge in [-0.2, -0.15) is 5.10 Å². The number of hydrogen-bond donors (Lipinski definition) is 2. The predicted octanol–water partition coefficient (Wildman–Crippen LogP) is 4.74. The number of nitrogens with one attached hydrogen (secondary N) is 2. The highest BCUT2D eigenvalue weighted by atomic mass is 16.5. The van der Waals surface area contributed by atoms with Gasteiger partial charge in [-0.3, -0.25) is 9.59 Å². The van der Waals surface area contributed by atoms with E-state index in [-0.39, 0.29) is 12.3 Å². The number of nitrogens with zero attached hydrogens (tertiary/aromatic N) is 1. The van der Waals surface area contributed by atoms with Gasteiger partial charge in [0.05, 0.1) is 32.0 Å². The monoisotopic (exact) mass is 539 g/mol. The van der Waals surface area contributed by atoms with Gasteiger partial charge in [-0.05, 0) is 71.8 Å². The van der Waals surface area contributed by atoms with E-state index >= 15 is 0 Å². The summed E-state index contributed by atoms with van der Waals surface area (Å²) in [6.45, 7) is 2.33. The van der Waals surface area contributed by atoms with Crippen molar-refractivity contribution in [3.05, 3.63) is 102 Å². The number of esters is 1. The SMILES string of the molecule is CCCOc1ccc(C(=O)NCC(=O)N/N=C\c2c(OC(=O)c3ccc(OC)cc3)ccc3ccccc23)cc1. The molecule has 0 saturated heterocycles. The second-order valence-corrected chi connectivity index (χ2v) is 8.67. The van der Waals surface area contributed by atoms with Gasteiger partial charge in [0.1, 0.15) is 17.2 Å². The molecule has 0 aromatic heterocycles. The quantitative estimate of drug-likeness (QED) is 0.123. The van der Waals surface area contributed by atoms with Crippen LogP contribution in [0.4, 0.5) is 0 Å². The van der Waals surface area contributed by atoms with E-state index in [1.54, 1.807) is 61.7 Å². The number of carbonyl (C=O) groups excluding carboxylic acids is 3. The zero-order valence-corrected chi connectivity index (χ0v) is 22.2. The normalized spacial score (nSPS) is 10.8. The third-order valence-electron chi connectivity index (χ3n) is 5.84. The van der Waals surface area contributed by atoms with Crippen LogP contribution in [0.5, 0.6) is 17.2 Å². The number of hydrogen-bond acceptors (Lipinski definition) is 7. The van der Waals surface area contributed by atoms with Gasteiger partial charge in [0, 0.05) is 11.1 Å². The lowest BCUT2D eigenvalue weighted by molar-refractivity contribution is -0.120. The van der Waals surface area contributed by atoms with Crippen LogP contribution in [0.1, 0.15) is 39.6 Å². The van der Waals surface area contributed by atoms with E-state index in [2.05, 4.69) is 15.8 Å². The Morgan fingerprint density at radius 3 is 2.27 bits per heavy atom. The Kier molecular flexibility index (Phi) is 9.44. The standard InChI is InChI=1S/C31H29N3O6/c1-3-18-39-25-15-8-22(9-16-25)30(36)32-20-29(35)34-33-19-27-26-7-5-4-6-21(26)12-17-28(27)40-31(37)23-10-13-24(38-2)14-11-23/h4-17,19H,3,18,20H2,1-2H3,(H,32,36)(H,34,35)/b33-19-. The van der Waals surface area contributed by atoms with Crippen molar-refractivity contribution in [3.8, 4) is 17.2 Å². The van der Waals surface area contributed by atoms with E-state index in [0.717, 1.165) is 17.2 Å². The molecule has 0 unspecified atom stereocenters. The van der Waals surface area contributed by atoms with Gasteiger partial charge in [-0.25, -0.2) is 10.2 Å². The number of carbonyl (C=O) groups is 3. The molecule has 40 heavy (non-hydrogen) atoms. The van der Waals surface area contributed by atoms with Crippen molar-refractivity contribution >= 4 is 34.8 Å². The van der Waals surface area contributed by atoms with Crippen molar-refractivity contribution in [1.82, 2.24) is 10.7 Å². The summed E-state index contributed by atoms with van der Waals surface area (Å²) in [4.78, 5) is 37.5. The van der Waals surface area contributed by atoms with Crippen molar-refractivity contribution < 1.29 is 28.6 Å². The molecule has 0 saturated carbocycles. The maximum absolute atomic E-state index is 12.8. The summed E-state index contributed by atoms with van der Waals surface area (Å²) in [7, 11) is 1.55. The van der Waals surface area contributed by atoms with Crippen molar-refractivity contribution in [3.63, 3.8) is 0 Å². The number of methoxy groups -OCH3 is 1. The largest absolute Gasteiger partial charge is 0.497 e. The van der Waals surface area contributed by atoms with Crippen LogP contribution in [0.15, 0.2) is 90.0 Å². The molecule has 4 aromatic rings. The first-order valence-electron chi connectivity index (χ1n) is 12.7. The van der Waals surface area contributed by atoms with Crippen LogP contribution in [-0.4, -0.2) is 44.3 Å². The first-order valence-corrected chi connectivity index (χ1v) is 12.7. The Labute approximate surface area is 231 Å². The molecule has 2 amide bonds. The molecule has 4 rings (SSSR count). The highest BCUT2D eigenvalue weighted by Gasteiger charge is 2.14. The second kappa shape index (κ2) is 13.6. The summed E-state index contributed by atoms with van der Waals surface area (Å²) < 4.78 is 16.3. The van der Waals surface area contributed by atoms with Gasteiger partial charge < -0.3 is 19.5 Å². The van der Waals surface area contributed by atoms with Gasteiger partial charge in [0.25, 0.3) is 11.8 Å². The highest BCUT2D eigenvalue weighted by Crippen LogP contribution is 2.27. The van der Waals surface area contributed by atoms with Crippen molar-refractivity contribution in [1.29, 1.82) is 0 Å². The molecule has 0 radical (unpaired) electrons. The molecule has 4 aromatic carbocycles. The number of rotatable bonds is 11. The fourth-order valence-electron chi connectivity index (χ4n) is 3.78. The Balaban J connectivity index is 1.41. The summed E-state index contributed by atoms with van der Waals surface area (Å²) in [6.07, 6.45) is 2.30. The topological polar surface area (TPSA) is 115 Å². The van der Waals surface area contributed by atoms with Crippen LogP contribution in [0.2, 0.25) is 0 Å². The van der Waals surface area contributed by atoms with E-state index in [9.17, 15) is 14.4 Å². The zero-order valence-electron chi connectivity index (χ0n) is 22.2. The fourth-order valence-corrected chi connectivity index (χ4v) is 3.78. The smallest absolute Gasteiger partial charge is 0.343 e. The summed E-state index contributed by atoms with van der Waals surface area (Å²) in [5.74, 6) is 0.0961. The Morgan fingerprint density at radius 1 is 0.850 bits per heavy atom. The molecular weight excluding hydrogens is 510 g/mol. The highest BCUT2D eigenvalue weighted by molar-refractivity contribution is 6.04. The zero-order chi connectivity index (χ0) is 28.3. The van der Waals surface area contributed by atoms with Gasteiger partial charge in [0.2, 0.25) is 0 Å². The average Bonchev–Trinajstić information content (AvgIpc) is 2.99. The molecular formula is C31H29N3O6. The molecule has 0 spiro atoms. The average molecular weight is 540 g/mol. The Hall–Kier alpha value is -5.18. The molecule has 0 atom stereocenters. The molecule has 0 heterocycles. The molecule has 9 heteroatoms. The molecule has 0 aliphatic carbocycles. The van der Waals surface area contributed by atoms with E-state index in [0.29, 0.717) is 34.8 Å². The van der Waals surface area contributed by atoms with E-state index in [1.165, 1.54) is 6.21 Å². The van der Waals surface area contributed by atoms with Gasteiger partial charge >= 0.3 is 5.97 Å². The summed E-state index contributed by atoms with van der Waals surface area (Å²) >= 11 is 0. The van der Waals surface area contributed by atoms with Gasteiger partial charge in [0.15, 0.2) is 0 Å². The van der Waals surface area contributed by atoms with Gasteiger partial charge in [-0.1, -0.05) is 37.3 Å². The molecule has 0 bridgehead atoms. The summed E-state index contributed by atoms with van der Waals surface area (Å²) in [5.41, 5.74) is 3.66. The van der Waals surface area contributed by atoms with Crippen LogP contribution in [-0.2, 0) is 4.79 Å². The first-order chi connectivity index (χ1) is 19.5. The van der Waals surface area contributed by atoms with Crippen molar-refractivity contribution in [2.24, 2.45) is 5.10 Å². The van der Waals surface area contributed by atoms with Gasteiger partial charge in [-0.15, -0.1) is 0 Å². The summed E-state index contributed by atoms with van der Waals surface area (Å²) in [5, 5.41) is 8.28.